The second-order valence-electron chi connectivity index (χ2n) is 7.89. The number of anilines is 1. The lowest BCUT2D eigenvalue weighted by Crippen LogP contribution is -2.51. The third-order valence-corrected chi connectivity index (χ3v) is 6.04. The number of amides is 3. The summed E-state index contributed by atoms with van der Waals surface area (Å²) in [6.45, 7) is 9.25. The Balaban J connectivity index is 1.53. The van der Waals surface area contributed by atoms with Gasteiger partial charge < -0.3 is 19.1 Å². The first-order valence-corrected chi connectivity index (χ1v) is 10.6. The van der Waals surface area contributed by atoms with Gasteiger partial charge in [-0.1, -0.05) is 29.1 Å². The predicted octanol–water partition coefficient (Wildman–Crippen LogP) is 2.19. The van der Waals surface area contributed by atoms with Gasteiger partial charge in [0.25, 0.3) is 0 Å². The van der Waals surface area contributed by atoms with Crippen molar-refractivity contribution < 1.29 is 23.6 Å². The number of aryl methyl sites for hydroxylation is 1. The first kappa shape index (κ1) is 21.6. The molecule has 29 heavy (non-hydrogen) atoms. The van der Waals surface area contributed by atoms with Gasteiger partial charge in [-0.2, -0.15) is 0 Å². The predicted molar refractivity (Wildman–Crippen MR) is 112 cm³/mol. The fraction of sp³-hybridized carbons (Fsp3) is 0.611. The van der Waals surface area contributed by atoms with Crippen LogP contribution in [0.15, 0.2) is 10.6 Å². The van der Waals surface area contributed by atoms with Crippen molar-refractivity contribution in [3.8, 4) is 0 Å². The van der Waals surface area contributed by atoms with Crippen LogP contribution in [0.1, 0.15) is 33.0 Å². The van der Waals surface area contributed by atoms with Crippen molar-refractivity contribution in [2.24, 2.45) is 0 Å². The summed E-state index contributed by atoms with van der Waals surface area (Å²) in [6, 6.07) is 1.55. The molecule has 3 amide bonds. The van der Waals surface area contributed by atoms with Crippen LogP contribution >= 0.6 is 24.0 Å². The van der Waals surface area contributed by atoms with Gasteiger partial charge in [-0.05, 0) is 27.7 Å². The lowest BCUT2D eigenvalue weighted by Gasteiger charge is -2.36. The van der Waals surface area contributed by atoms with Gasteiger partial charge in [-0.15, -0.1) is 0 Å². The first-order valence-electron chi connectivity index (χ1n) is 9.29. The van der Waals surface area contributed by atoms with E-state index in [4.69, 9.17) is 21.5 Å². The lowest BCUT2D eigenvalue weighted by molar-refractivity contribution is -0.121. The Morgan fingerprint density at radius 2 is 1.86 bits per heavy atom. The molecule has 0 unspecified atom stereocenters. The number of carbonyl (C=O) groups excluding carboxylic acids is 3. The van der Waals surface area contributed by atoms with Crippen LogP contribution in [-0.2, 0) is 14.3 Å². The van der Waals surface area contributed by atoms with E-state index in [1.807, 2.05) is 25.7 Å². The van der Waals surface area contributed by atoms with Gasteiger partial charge in [-0.3, -0.25) is 9.59 Å². The van der Waals surface area contributed by atoms with Crippen LogP contribution in [0.5, 0.6) is 0 Å². The minimum absolute atomic E-state index is 0.0629. The highest BCUT2D eigenvalue weighted by Crippen LogP contribution is 2.31. The quantitative estimate of drug-likeness (QED) is 0.506. The molecule has 0 aromatic carbocycles. The number of rotatable bonds is 2. The van der Waals surface area contributed by atoms with Gasteiger partial charge in [-0.25, -0.2) is 9.69 Å². The molecule has 1 aromatic heterocycles. The number of thioether (sulfide) groups is 1. The molecule has 0 N–H and O–H groups in total. The van der Waals surface area contributed by atoms with Crippen molar-refractivity contribution in [3.63, 3.8) is 0 Å². The standard InChI is InChI=1S/C18H24N4O5S2/c1-11-9-13(19-27-11)22-14(23)10-12(15(22)24)29-17(28)21-7-5-20(6-8-21)16(25)26-18(2,3)4/h9,12H,5-8,10H2,1-4H3/t12-/m1/s1. The summed E-state index contributed by atoms with van der Waals surface area (Å²) in [5.41, 5.74) is -0.539. The maximum Gasteiger partial charge on any atom is 0.410 e. The smallest absolute Gasteiger partial charge is 0.410 e. The molecule has 0 radical (unpaired) electrons. The van der Waals surface area contributed by atoms with Gasteiger partial charge >= 0.3 is 6.09 Å². The second-order valence-corrected chi connectivity index (χ2v) is 9.73. The summed E-state index contributed by atoms with van der Waals surface area (Å²) in [5, 5.41) is 3.17. The van der Waals surface area contributed by atoms with E-state index >= 15 is 0 Å². The number of thiocarbonyl (C=S) groups is 1. The van der Waals surface area contributed by atoms with Crippen LogP contribution in [0.4, 0.5) is 10.6 Å². The van der Waals surface area contributed by atoms with E-state index in [9.17, 15) is 14.4 Å². The largest absolute Gasteiger partial charge is 0.444 e. The van der Waals surface area contributed by atoms with Crippen LogP contribution in [0.3, 0.4) is 0 Å². The highest BCUT2D eigenvalue weighted by atomic mass is 32.2. The van der Waals surface area contributed by atoms with Crippen molar-refractivity contribution in [3.05, 3.63) is 11.8 Å². The number of hydrogen-bond acceptors (Lipinski definition) is 8. The minimum atomic E-state index is -0.587. The monoisotopic (exact) mass is 440 g/mol. The SMILES string of the molecule is Cc1cc(N2C(=O)C[C@@H](SC(=S)N3CCN(C(=O)OC(C)(C)C)CC3)C2=O)no1. The number of hydrogen-bond donors (Lipinski definition) is 0. The van der Waals surface area contributed by atoms with E-state index in [1.54, 1.807) is 17.9 Å². The fourth-order valence-corrected chi connectivity index (χ4v) is 4.53. The van der Waals surface area contributed by atoms with E-state index < -0.39 is 10.9 Å². The number of carbonyl (C=O) groups is 3. The van der Waals surface area contributed by atoms with Crippen molar-refractivity contribution in [1.82, 2.24) is 15.0 Å². The fourth-order valence-electron chi connectivity index (χ4n) is 2.99. The highest BCUT2D eigenvalue weighted by molar-refractivity contribution is 8.23. The Labute approximate surface area is 178 Å². The van der Waals surface area contributed by atoms with Gasteiger partial charge in [0.05, 0.1) is 0 Å². The maximum atomic E-state index is 12.7. The molecule has 0 spiro atoms. The average Bonchev–Trinajstić information content (AvgIpc) is 3.16. The molecule has 158 valence electrons. The summed E-state index contributed by atoms with van der Waals surface area (Å²) in [4.78, 5) is 41.8. The van der Waals surface area contributed by atoms with E-state index in [-0.39, 0.29) is 30.1 Å². The Hall–Kier alpha value is -2.14. The molecule has 2 fully saturated rings. The zero-order valence-corrected chi connectivity index (χ0v) is 18.5. The molecule has 11 heteroatoms. The second kappa shape index (κ2) is 8.31. The molecule has 0 saturated carbocycles. The van der Waals surface area contributed by atoms with Gasteiger partial charge in [0, 0.05) is 38.7 Å². The maximum absolute atomic E-state index is 12.7. The molecular formula is C18H24N4O5S2. The van der Waals surface area contributed by atoms with Crippen LogP contribution in [0, 0.1) is 6.92 Å². The molecule has 3 heterocycles. The number of aromatic nitrogens is 1. The van der Waals surface area contributed by atoms with Gasteiger partial charge in [0.1, 0.15) is 20.9 Å². The summed E-state index contributed by atoms with van der Waals surface area (Å²) in [5.74, 6) is 0.0639. The number of ether oxygens (including phenoxy) is 1. The van der Waals surface area contributed by atoms with E-state index in [2.05, 4.69) is 5.16 Å². The molecule has 2 saturated heterocycles. The van der Waals surface area contributed by atoms with Crippen LogP contribution in [0.25, 0.3) is 0 Å². The zero-order valence-electron chi connectivity index (χ0n) is 16.8. The highest BCUT2D eigenvalue weighted by Gasteiger charge is 2.42. The summed E-state index contributed by atoms with van der Waals surface area (Å²) in [7, 11) is 0. The summed E-state index contributed by atoms with van der Waals surface area (Å²) < 4.78 is 10.9. The molecule has 0 bridgehead atoms. The van der Waals surface area contributed by atoms with Crippen LogP contribution in [0.2, 0.25) is 0 Å². The average molecular weight is 441 g/mol. The van der Waals surface area contributed by atoms with E-state index in [0.29, 0.717) is 36.3 Å². The van der Waals surface area contributed by atoms with Gasteiger partial charge in [0.2, 0.25) is 11.8 Å². The summed E-state index contributed by atoms with van der Waals surface area (Å²) in [6.07, 6.45) is -0.279. The van der Waals surface area contributed by atoms with Crippen molar-refractivity contribution in [1.29, 1.82) is 0 Å². The third kappa shape index (κ3) is 5.08. The summed E-state index contributed by atoms with van der Waals surface area (Å²) >= 11 is 6.69. The molecule has 2 aliphatic rings. The third-order valence-electron chi connectivity index (χ3n) is 4.38. The normalized spacial score (nSPS) is 20.4. The number of nitrogens with zero attached hydrogens (tertiary/aromatic N) is 4. The number of imide groups is 1. The Kier molecular flexibility index (Phi) is 6.18. The molecule has 3 rings (SSSR count). The first-order chi connectivity index (χ1) is 13.5. The Morgan fingerprint density at radius 1 is 1.24 bits per heavy atom. The van der Waals surface area contributed by atoms with Crippen LogP contribution in [-0.4, -0.2) is 74.2 Å². The molecule has 1 aromatic rings. The van der Waals surface area contributed by atoms with Crippen molar-refractivity contribution >= 4 is 52.0 Å². The van der Waals surface area contributed by atoms with Crippen LogP contribution < -0.4 is 4.90 Å². The topological polar surface area (TPSA) is 96.2 Å². The molecule has 1 atom stereocenters. The zero-order chi connectivity index (χ0) is 21.3. The van der Waals surface area contributed by atoms with E-state index in [1.165, 1.54) is 11.8 Å². The number of piperazine rings is 1. The Morgan fingerprint density at radius 3 is 2.41 bits per heavy atom. The van der Waals surface area contributed by atoms with Crippen molar-refractivity contribution in [2.45, 2.75) is 45.0 Å². The molecular weight excluding hydrogens is 416 g/mol. The lowest BCUT2D eigenvalue weighted by atomic mass is 10.2. The van der Waals surface area contributed by atoms with Crippen molar-refractivity contribution in [2.75, 3.05) is 31.1 Å². The van der Waals surface area contributed by atoms with E-state index in [0.717, 1.165) is 4.90 Å². The molecule has 9 nitrogen and oxygen atoms in total. The molecule has 0 aliphatic carbocycles. The van der Waals surface area contributed by atoms with Gasteiger partial charge in [0.15, 0.2) is 5.82 Å². The Bertz CT molecular complexity index is 826. The molecule has 2 aliphatic heterocycles. The minimum Gasteiger partial charge on any atom is -0.444 e.